The molecular formula is C22H26N4O4. The second-order valence-corrected chi connectivity index (χ2v) is 7.68. The monoisotopic (exact) mass is 410 g/mol. The SMILES string of the molecule is COc1ccc(-c2cn3nc(C)cc3c(O[C@H](C)[C@@H]3CC(=O)N(C)C3)n2)cc1OC. The zero-order valence-electron chi connectivity index (χ0n) is 17.9. The maximum absolute atomic E-state index is 11.9. The first-order chi connectivity index (χ1) is 14.4. The minimum Gasteiger partial charge on any atom is -0.493 e. The van der Waals surface area contributed by atoms with Crippen molar-refractivity contribution in [1.29, 1.82) is 0 Å². The molecule has 1 aliphatic heterocycles. The molecule has 3 aromatic rings. The molecule has 0 radical (unpaired) electrons. The van der Waals surface area contributed by atoms with E-state index >= 15 is 0 Å². The van der Waals surface area contributed by atoms with Crippen molar-refractivity contribution in [3.05, 3.63) is 36.2 Å². The van der Waals surface area contributed by atoms with Crippen molar-refractivity contribution in [2.24, 2.45) is 5.92 Å². The van der Waals surface area contributed by atoms with Gasteiger partial charge in [-0.05, 0) is 38.1 Å². The van der Waals surface area contributed by atoms with Crippen LogP contribution in [0.1, 0.15) is 19.0 Å². The Morgan fingerprint density at radius 2 is 1.93 bits per heavy atom. The number of carbonyl (C=O) groups is 1. The van der Waals surface area contributed by atoms with Gasteiger partial charge in [-0.3, -0.25) is 4.79 Å². The van der Waals surface area contributed by atoms with Crippen molar-refractivity contribution < 1.29 is 19.0 Å². The van der Waals surface area contributed by atoms with Gasteiger partial charge in [-0.25, -0.2) is 9.50 Å². The van der Waals surface area contributed by atoms with Crippen LogP contribution < -0.4 is 14.2 Å². The number of amides is 1. The van der Waals surface area contributed by atoms with Gasteiger partial charge in [-0.15, -0.1) is 0 Å². The van der Waals surface area contributed by atoms with Crippen molar-refractivity contribution in [2.45, 2.75) is 26.4 Å². The van der Waals surface area contributed by atoms with E-state index in [1.165, 1.54) is 0 Å². The van der Waals surface area contributed by atoms with Crippen LogP contribution in [0.25, 0.3) is 16.8 Å². The number of hydrogen-bond donors (Lipinski definition) is 0. The lowest BCUT2D eigenvalue weighted by Crippen LogP contribution is -2.27. The normalized spacial score (nSPS) is 17.4. The highest BCUT2D eigenvalue weighted by Gasteiger charge is 2.32. The molecule has 8 nitrogen and oxygen atoms in total. The minimum atomic E-state index is -0.161. The van der Waals surface area contributed by atoms with Gasteiger partial charge < -0.3 is 19.1 Å². The van der Waals surface area contributed by atoms with Crippen LogP contribution in [0.15, 0.2) is 30.5 Å². The lowest BCUT2D eigenvalue weighted by molar-refractivity contribution is -0.126. The highest BCUT2D eigenvalue weighted by molar-refractivity contribution is 5.78. The van der Waals surface area contributed by atoms with E-state index in [0.29, 0.717) is 36.0 Å². The van der Waals surface area contributed by atoms with Crippen LogP contribution in [0.5, 0.6) is 17.4 Å². The van der Waals surface area contributed by atoms with E-state index in [0.717, 1.165) is 16.8 Å². The number of aromatic nitrogens is 3. The lowest BCUT2D eigenvalue weighted by atomic mass is 10.0. The van der Waals surface area contributed by atoms with E-state index in [9.17, 15) is 4.79 Å². The number of carbonyl (C=O) groups excluding carboxylic acids is 1. The minimum absolute atomic E-state index is 0.123. The Bertz CT molecular complexity index is 1090. The van der Waals surface area contributed by atoms with Crippen molar-refractivity contribution in [1.82, 2.24) is 19.5 Å². The van der Waals surface area contributed by atoms with Crippen molar-refractivity contribution in [3.63, 3.8) is 0 Å². The zero-order chi connectivity index (χ0) is 21.4. The maximum Gasteiger partial charge on any atom is 0.240 e. The van der Waals surface area contributed by atoms with Crippen LogP contribution in [0.2, 0.25) is 0 Å². The fraction of sp³-hybridized carbons (Fsp3) is 0.409. The first-order valence-electron chi connectivity index (χ1n) is 9.89. The topological polar surface area (TPSA) is 78.2 Å². The van der Waals surface area contributed by atoms with Crippen molar-refractivity contribution in [2.75, 3.05) is 27.8 Å². The molecule has 4 rings (SSSR count). The second-order valence-electron chi connectivity index (χ2n) is 7.68. The summed E-state index contributed by atoms with van der Waals surface area (Å²) in [6, 6.07) is 7.59. The standard InChI is InChI=1S/C22H26N4O4/c1-13-8-18-22(30-14(2)16-10-21(27)25(3)11-16)23-17(12-26(18)24-13)15-6-7-19(28-4)20(9-15)29-5/h6-9,12,14,16H,10-11H2,1-5H3/t14-,16-/m1/s1. The average Bonchev–Trinajstić information content (AvgIpc) is 3.28. The van der Waals surface area contributed by atoms with Crippen LogP contribution >= 0.6 is 0 Å². The molecular weight excluding hydrogens is 384 g/mol. The molecule has 3 heterocycles. The summed E-state index contributed by atoms with van der Waals surface area (Å²) in [5.41, 5.74) is 3.22. The number of fused-ring (bicyclic) bond motifs is 1. The van der Waals surface area contributed by atoms with E-state index in [-0.39, 0.29) is 17.9 Å². The summed E-state index contributed by atoms with van der Waals surface area (Å²) in [7, 11) is 5.03. The summed E-state index contributed by atoms with van der Waals surface area (Å²) >= 11 is 0. The Kier molecular flexibility index (Phi) is 5.24. The third-order valence-corrected chi connectivity index (χ3v) is 5.56. The molecule has 8 heteroatoms. The number of hydrogen-bond acceptors (Lipinski definition) is 6. The van der Waals surface area contributed by atoms with Gasteiger partial charge in [0.15, 0.2) is 11.5 Å². The molecule has 0 spiro atoms. The Labute approximate surface area is 175 Å². The van der Waals surface area contributed by atoms with Gasteiger partial charge in [0.1, 0.15) is 11.6 Å². The molecule has 0 saturated carbocycles. The molecule has 0 aliphatic carbocycles. The molecule has 0 bridgehead atoms. The maximum atomic E-state index is 11.9. The fourth-order valence-corrected chi connectivity index (χ4v) is 3.79. The fourth-order valence-electron chi connectivity index (χ4n) is 3.79. The summed E-state index contributed by atoms with van der Waals surface area (Å²) in [4.78, 5) is 18.5. The van der Waals surface area contributed by atoms with Crippen molar-refractivity contribution in [3.8, 4) is 28.6 Å². The Balaban J connectivity index is 1.72. The zero-order valence-corrected chi connectivity index (χ0v) is 17.9. The number of rotatable bonds is 6. The Morgan fingerprint density at radius 3 is 2.60 bits per heavy atom. The number of ether oxygens (including phenoxy) is 3. The largest absolute Gasteiger partial charge is 0.493 e. The van der Waals surface area contributed by atoms with E-state index in [1.807, 2.05) is 51.4 Å². The van der Waals surface area contributed by atoms with E-state index in [4.69, 9.17) is 19.2 Å². The quantitative estimate of drug-likeness (QED) is 0.622. The number of nitrogens with zero attached hydrogens (tertiary/aromatic N) is 4. The smallest absolute Gasteiger partial charge is 0.240 e. The van der Waals surface area contributed by atoms with Gasteiger partial charge in [0, 0.05) is 31.5 Å². The predicted molar refractivity (Wildman–Crippen MR) is 112 cm³/mol. The van der Waals surface area contributed by atoms with Gasteiger partial charge in [0.05, 0.1) is 31.8 Å². The van der Waals surface area contributed by atoms with Gasteiger partial charge in [0.25, 0.3) is 0 Å². The highest BCUT2D eigenvalue weighted by Crippen LogP contribution is 2.33. The first kappa shape index (κ1) is 20.0. The van der Waals surface area contributed by atoms with E-state index < -0.39 is 0 Å². The Morgan fingerprint density at radius 1 is 1.17 bits per heavy atom. The number of methoxy groups -OCH3 is 2. The molecule has 1 aliphatic rings. The van der Waals surface area contributed by atoms with Crippen LogP contribution in [0, 0.1) is 12.8 Å². The summed E-state index contributed by atoms with van der Waals surface area (Å²) in [6.45, 7) is 4.60. The van der Waals surface area contributed by atoms with Gasteiger partial charge in [-0.2, -0.15) is 5.10 Å². The molecule has 2 aromatic heterocycles. The summed E-state index contributed by atoms with van der Waals surface area (Å²) in [6.07, 6.45) is 2.20. The Hall–Kier alpha value is -3.29. The molecule has 0 unspecified atom stereocenters. The first-order valence-corrected chi connectivity index (χ1v) is 9.89. The number of benzene rings is 1. The van der Waals surface area contributed by atoms with Crippen LogP contribution in [0.4, 0.5) is 0 Å². The third-order valence-electron chi connectivity index (χ3n) is 5.56. The summed E-state index contributed by atoms with van der Waals surface area (Å²) < 4.78 is 18.8. The lowest BCUT2D eigenvalue weighted by Gasteiger charge is -2.20. The average molecular weight is 410 g/mol. The summed E-state index contributed by atoms with van der Waals surface area (Å²) in [5.74, 6) is 2.04. The molecule has 30 heavy (non-hydrogen) atoms. The van der Waals surface area contributed by atoms with Crippen LogP contribution in [-0.2, 0) is 4.79 Å². The molecule has 1 aromatic carbocycles. The van der Waals surface area contributed by atoms with Crippen molar-refractivity contribution >= 4 is 11.4 Å². The van der Waals surface area contributed by atoms with Gasteiger partial charge >= 0.3 is 0 Å². The third kappa shape index (κ3) is 3.65. The number of likely N-dealkylation sites (tertiary alicyclic amines) is 1. The molecule has 158 valence electrons. The predicted octanol–water partition coefficient (Wildman–Crippen LogP) is 2.97. The number of aryl methyl sites for hydroxylation is 1. The van der Waals surface area contributed by atoms with Gasteiger partial charge in [-0.1, -0.05) is 0 Å². The second kappa shape index (κ2) is 7.85. The van der Waals surface area contributed by atoms with Crippen LogP contribution in [-0.4, -0.2) is 59.3 Å². The molecule has 0 N–H and O–H groups in total. The summed E-state index contributed by atoms with van der Waals surface area (Å²) in [5, 5.41) is 4.54. The molecule has 2 atom stereocenters. The van der Waals surface area contributed by atoms with Crippen LogP contribution in [0.3, 0.4) is 0 Å². The van der Waals surface area contributed by atoms with Gasteiger partial charge in [0.2, 0.25) is 11.8 Å². The highest BCUT2D eigenvalue weighted by atomic mass is 16.5. The molecule has 1 amide bonds. The molecule has 1 saturated heterocycles. The van der Waals surface area contributed by atoms with E-state index in [1.54, 1.807) is 23.6 Å². The van der Waals surface area contributed by atoms with E-state index in [2.05, 4.69) is 5.10 Å². The molecule has 1 fully saturated rings.